The van der Waals surface area contributed by atoms with Crippen molar-refractivity contribution in [3.05, 3.63) is 28.9 Å². The first-order valence-electron chi connectivity index (χ1n) is 7.04. The molecule has 2 rings (SSSR count). The van der Waals surface area contributed by atoms with Crippen molar-refractivity contribution in [2.75, 3.05) is 34.3 Å². The Morgan fingerprint density at radius 3 is 2.87 bits per heavy atom. The number of rotatable bonds is 5. The van der Waals surface area contributed by atoms with Crippen LogP contribution in [-0.4, -0.2) is 56.0 Å². The number of aromatic amines is 1. The van der Waals surface area contributed by atoms with Gasteiger partial charge in [0.25, 0.3) is 5.91 Å². The minimum Gasteiger partial charge on any atom is -0.490 e. The number of hydrogen-bond donors (Lipinski definition) is 3. The van der Waals surface area contributed by atoms with Gasteiger partial charge in [0.2, 0.25) is 0 Å². The van der Waals surface area contributed by atoms with Crippen LogP contribution in [0.1, 0.15) is 10.5 Å². The molecule has 0 spiro atoms. The van der Waals surface area contributed by atoms with E-state index in [0.717, 1.165) is 6.54 Å². The predicted molar refractivity (Wildman–Crippen MR) is 92.4 cm³/mol. The predicted octanol–water partition coefficient (Wildman–Crippen LogP) is 1.44. The number of carbonyl (C=O) groups is 1. The normalized spacial score (nSPS) is 12.0. The Morgan fingerprint density at radius 2 is 2.22 bits per heavy atom. The first-order valence-corrected chi connectivity index (χ1v) is 7.42. The minimum absolute atomic E-state index is 0.0437. The quantitative estimate of drug-likeness (QED) is 0.568. The van der Waals surface area contributed by atoms with Crippen LogP contribution in [0.25, 0.3) is 10.9 Å². The first kappa shape index (κ1) is 17.1. The lowest BCUT2D eigenvalue weighted by Gasteiger charge is -2.11. The molecule has 4 N–H and O–H groups in total. The molecule has 1 heterocycles. The maximum Gasteiger partial charge on any atom is 0.274 e. The van der Waals surface area contributed by atoms with E-state index in [9.17, 15) is 4.79 Å². The maximum atomic E-state index is 12.1. The van der Waals surface area contributed by atoms with Crippen LogP contribution in [0, 0.1) is 0 Å². The molecule has 0 atom stereocenters. The monoisotopic (exact) mass is 337 g/mol. The van der Waals surface area contributed by atoms with E-state index >= 15 is 0 Å². The summed E-state index contributed by atoms with van der Waals surface area (Å²) in [7, 11) is 5.43. The number of likely N-dealkylation sites (N-methyl/N-ethyl adjacent to an activating group) is 1. The van der Waals surface area contributed by atoms with Crippen LogP contribution < -0.4 is 15.8 Å². The van der Waals surface area contributed by atoms with E-state index in [1.807, 2.05) is 19.0 Å². The smallest absolute Gasteiger partial charge is 0.274 e. The number of benzene rings is 1. The van der Waals surface area contributed by atoms with Gasteiger partial charge in [-0.1, -0.05) is 11.6 Å². The lowest BCUT2D eigenvalue weighted by molar-refractivity contribution is 0.0972. The number of ether oxygens (including phenoxy) is 1. The number of amides is 1. The van der Waals surface area contributed by atoms with Gasteiger partial charge in [0.15, 0.2) is 5.96 Å². The maximum absolute atomic E-state index is 12.1. The second-order valence-electron chi connectivity index (χ2n) is 5.23. The van der Waals surface area contributed by atoms with Gasteiger partial charge in [-0.2, -0.15) is 0 Å². The molecular weight excluding hydrogens is 318 g/mol. The number of H-pyrrole nitrogens is 1. The molecule has 23 heavy (non-hydrogen) atoms. The average molecular weight is 338 g/mol. The van der Waals surface area contributed by atoms with E-state index in [1.54, 1.807) is 18.2 Å². The van der Waals surface area contributed by atoms with Gasteiger partial charge in [0.05, 0.1) is 10.5 Å². The molecule has 0 aliphatic carbocycles. The van der Waals surface area contributed by atoms with Crippen molar-refractivity contribution >= 4 is 34.4 Å². The summed E-state index contributed by atoms with van der Waals surface area (Å²) in [5, 5.41) is 3.72. The molecule has 8 heteroatoms. The van der Waals surface area contributed by atoms with Crippen LogP contribution in [0.5, 0.6) is 5.75 Å². The molecule has 0 saturated heterocycles. The fourth-order valence-corrected chi connectivity index (χ4v) is 2.19. The molecule has 7 nitrogen and oxygen atoms in total. The fraction of sp³-hybridized carbons (Fsp3) is 0.333. The van der Waals surface area contributed by atoms with Crippen LogP contribution in [0.3, 0.4) is 0 Å². The third kappa shape index (κ3) is 4.14. The van der Waals surface area contributed by atoms with Crippen LogP contribution in [0.15, 0.2) is 23.2 Å². The summed E-state index contributed by atoms with van der Waals surface area (Å²) in [6.45, 7) is 1.31. The molecule has 2 aromatic rings. The van der Waals surface area contributed by atoms with Gasteiger partial charge in [-0.25, -0.2) is 0 Å². The van der Waals surface area contributed by atoms with Gasteiger partial charge in [-0.15, -0.1) is 0 Å². The molecule has 0 aliphatic heterocycles. The highest BCUT2D eigenvalue weighted by Crippen LogP contribution is 2.31. The Kier molecular flexibility index (Phi) is 5.46. The zero-order chi connectivity index (χ0) is 17.0. The second-order valence-corrected chi connectivity index (χ2v) is 5.64. The van der Waals surface area contributed by atoms with Crippen LogP contribution in [0.2, 0.25) is 5.02 Å². The summed E-state index contributed by atoms with van der Waals surface area (Å²) in [6.07, 6.45) is 0. The van der Waals surface area contributed by atoms with Crippen molar-refractivity contribution in [2.24, 2.45) is 10.7 Å². The van der Waals surface area contributed by atoms with Gasteiger partial charge in [0, 0.05) is 19.0 Å². The number of carbonyl (C=O) groups excluding carboxylic acids is 1. The summed E-state index contributed by atoms with van der Waals surface area (Å²) in [5.41, 5.74) is 6.51. The second kappa shape index (κ2) is 7.34. The van der Waals surface area contributed by atoms with Crippen LogP contribution >= 0.6 is 11.6 Å². The summed E-state index contributed by atoms with van der Waals surface area (Å²) >= 11 is 6.20. The summed E-state index contributed by atoms with van der Waals surface area (Å²) in [4.78, 5) is 20.9. The number of guanidine groups is 1. The van der Waals surface area contributed by atoms with Crippen molar-refractivity contribution in [3.63, 3.8) is 0 Å². The van der Waals surface area contributed by atoms with Crippen LogP contribution in [0.4, 0.5) is 0 Å². The zero-order valence-electron chi connectivity index (χ0n) is 13.3. The third-order valence-corrected chi connectivity index (χ3v) is 3.56. The summed E-state index contributed by atoms with van der Waals surface area (Å²) in [5.74, 6) is 0.296. The number of halogens is 1. The Morgan fingerprint density at radius 1 is 1.48 bits per heavy atom. The highest BCUT2D eigenvalue weighted by atomic mass is 35.5. The summed E-state index contributed by atoms with van der Waals surface area (Å²) < 4.78 is 5.77. The number of fused-ring (bicyclic) bond motifs is 1. The largest absolute Gasteiger partial charge is 0.490 e. The average Bonchev–Trinajstić information content (AvgIpc) is 2.95. The van der Waals surface area contributed by atoms with Crippen molar-refractivity contribution in [1.29, 1.82) is 0 Å². The van der Waals surface area contributed by atoms with E-state index < -0.39 is 0 Å². The van der Waals surface area contributed by atoms with E-state index in [2.05, 4.69) is 15.3 Å². The highest BCUT2D eigenvalue weighted by molar-refractivity contribution is 6.35. The van der Waals surface area contributed by atoms with Crippen molar-refractivity contribution in [3.8, 4) is 5.75 Å². The molecule has 1 amide bonds. The van der Waals surface area contributed by atoms with Crippen molar-refractivity contribution in [2.45, 2.75) is 0 Å². The van der Waals surface area contributed by atoms with Crippen molar-refractivity contribution < 1.29 is 9.53 Å². The molecule has 0 unspecified atom stereocenters. The molecule has 124 valence electrons. The molecule has 1 aromatic heterocycles. The first-order chi connectivity index (χ1) is 10.9. The van der Waals surface area contributed by atoms with Gasteiger partial charge in [-0.3, -0.25) is 15.1 Å². The van der Waals surface area contributed by atoms with E-state index in [1.165, 1.54) is 7.05 Å². The molecule has 1 aromatic carbocycles. The molecule has 0 radical (unpaired) electrons. The number of aliphatic imine (C=N–C) groups is 1. The molecule has 0 saturated carbocycles. The van der Waals surface area contributed by atoms with Gasteiger partial charge < -0.3 is 20.4 Å². The lowest BCUT2D eigenvalue weighted by Crippen LogP contribution is -2.36. The van der Waals surface area contributed by atoms with E-state index in [-0.39, 0.29) is 11.9 Å². The SMILES string of the molecule is CN=C(N)NC(=O)c1cc2c(Cl)ccc(OCCN(C)C)c2[nH]1. The van der Waals surface area contributed by atoms with Crippen molar-refractivity contribution in [1.82, 2.24) is 15.2 Å². The standard InChI is InChI=1S/C15H20ClN5O2/c1-18-15(17)20-14(22)11-8-9-10(16)4-5-12(13(9)19-11)23-7-6-21(2)3/h4-5,8,19H,6-7H2,1-3H3,(H3,17,18,20,22). The number of aromatic nitrogens is 1. The van der Waals surface area contributed by atoms with Gasteiger partial charge >= 0.3 is 0 Å². The van der Waals surface area contributed by atoms with Gasteiger partial charge in [-0.05, 0) is 32.3 Å². The molecule has 0 fully saturated rings. The number of nitrogens with one attached hydrogen (secondary N) is 2. The minimum atomic E-state index is -0.389. The van der Waals surface area contributed by atoms with E-state index in [4.69, 9.17) is 22.1 Å². The number of nitrogens with two attached hydrogens (primary N) is 1. The fourth-order valence-electron chi connectivity index (χ4n) is 1.98. The molecular formula is C15H20ClN5O2. The Labute approximate surface area is 139 Å². The molecule has 0 aliphatic rings. The van der Waals surface area contributed by atoms with Crippen LogP contribution in [-0.2, 0) is 0 Å². The highest BCUT2D eigenvalue weighted by Gasteiger charge is 2.15. The Hall–Kier alpha value is -2.25. The number of nitrogens with zero attached hydrogens (tertiary/aromatic N) is 2. The third-order valence-electron chi connectivity index (χ3n) is 3.23. The molecule has 0 bridgehead atoms. The Bertz CT molecular complexity index is 739. The van der Waals surface area contributed by atoms with E-state index in [0.29, 0.717) is 34.0 Å². The topological polar surface area (TPSA) is 95.7 Å². The number of hydrogen-bond acceptors (Lipinski definition) is 4. The summed E-state index contributed by atoms with van der Waals surface area (Å²) in [6, 6.07) is 5.18. The van der Waals surface area contributed by atoms with Gasteiger partial charge in [0.1, 0.15) is 18.1 Å². The zero-order valence-corrected chi connectivity index (χ0v) is 14.1. The Balaban J connectivity index is 2.29. The lowest BCUT2D eigenvalue weighted by atomic mass is 10.2.